The number of piperidine rings is 1. The lowest BCUT2D eigenvalue weighted by molar-refractivity contribution is -0.120. The molecule has 8 nitrogen and oxygen atoms in total. The van der Waals surface area contributed by atoms with Crippen LogP contribution in [0.15, 0.2) is 49.3 Å². The lowest BCUT2D eigenvalue weighted by atomic mass is 9.96. The third-order valence-corrected chi connectivity index (χ3v) is 6.30. The lowest BCUT2D eigenvalue weighted by Crippen LogP contribution is -2.38. The average molecular weight is 420 g/mol. The van der Waals surface area contributed by atoms with Crippen molar-refractivity contribution in [2.75, 3.05) is 23.3 Å². The maximum atomic E-state index is 12.8. The molecule has 4 heterocycles. The van der Waals surface area contributed by atoms with E-state index in [1.54, 1.807) is 18.9 Å². The minimum absolute atomic E-state index is 0.0232. The van der Waals surface area contributed by atoms with Crippen LogP contribution in [-0.2, 0) is 4.79 Å². The largest absolute Gasteiger partial charge is 0.356 e. The van der Waals surface area contributed by atoms with Gasteiger partial charge in [-0.25, -0.2) is 19.9 Å². The van der Waals surface area contributed by atoms with E-state index in [1.165, 1.54) is 16.9 Å². The van der Waals surface area contributed by atoms with Gasteiger partial charge in [-0.3, -0.25) is 9.36 Å². The molecule has 1 fully saturated rings. The molecule has 1 aromatic carbocycles. The summed E-state index contributed by atoms with van der Waals surface area (Å²) in [5, 5.41) is 3.69. The second-order valence-corrected chi connectivity index (χ2v) is 8.48. The van der Waals surface area contributed by atoms with Crippen LogP contribution < -0.4 is 10.2 Å². The minimum atomic E-state index is -0.0232. The Labute approximate surface area is 177 Å². The molecule has 5 rings (SSSR count). The highest BCUT2D eigenvalue weighted by atomic mass is 32.1. The van der Waals surface area contributed by atoms with Gasteiger partial charge in [0.25, 0.3) is 0 Å². The van der Waals surface area contributed by atoms with Gasteiger partial charge in [0.1, 0.15) is 24.3 Å². The predicted molar refractivity (Wildman–Crippen MR) is 117 cm³/mol. The summed E-state index contributed by atoms with van der Waals surface area (Å²) in [6, 6.07) is 8.08. The van der Waals surface area contributed by atoms with Crippen LogP contribution in [0, 0.1) is 12.8 Å². The standard InChI is InChI=1S/C21H21N7OS/c1-14-2-3-16-17(10-14)30-21(25-16)26-20(29)15-4-7-27(8-5-15)18-11-19(24-12-23-18)28-9-6-22-13-28/h2-3,6,9-13,15H,4-5,7-8H2,1H3,(H,25,26,29). The summed E-state index contributed by atoms with van der Waals surface area (Å²) in [5.41, 5.74) is 2.12. The number of benzene rings is 1. The van der Waals surface area contributed by atoms with Gasteiger partial charge in [-0.1, -0.05) is 17.4 Å². The maximum Gasteiger partial charge on any atom is 0.229 e. The number of aromatic nitrogens is 5. The van der Waals surface area contributed by atoms with E-state index in [9.17, 15) is 4.79 Å². The number of anilines is 2. The van der Waals surface area contributed by atoms with Crippen LogP contribution in [0.25, 0.3) is 16.0 Å². The van der Waals surface area contributed by atoms with Gasteiger partial charge < -0.3 is 10.2 Å². The molecule has 1 saturated heterocycles. The van der Waals surface area contributed by atoms with Gasteiger partial charge in [0.2, 0.25) is 5.91 Å². The fraction of sp³-hybridized carbons (Fsp3) is 0.286. The Morgan fingerprint density at radius 1 is 1.17 bits per heavy atom. The van der Waals surface area contributed by atoms with Crippen LogP contribution >= 0.6 is 11.3 Å². The second-order valence-electron chi connectivity index (χ2n) is 7.45. The van der Waals surface area contributed by atoms with E-state index in [4.69, 9.17) is 0 Å². The van der Waals surface area contributed by atoms with Gasteiger partial charge in [-0.05, 0) is 37.5 Å². The average Bonchev–Trinajstić information content (AvgIpc) is 3.43. The zero-order chi connectivity index (χ0) is 20.5. The number of rotatable bonds is 4. The molecule has 0 radical (unpaired) electrons. The molecule has 0 spiro atoms. The number of amides is 1. The highest BCUT2D eigenvalue weighted by Crippen LogP contribution is 2.28. The first-order chi connectivity index (χ1) is 14.7. The van der Waals surface area contributed by atoms with Crippen LogP contribution in [0.5, 0.6) is 0 Å². The van der Waals surface area contributed by atoms with Gasteiger partial charge in [0.15, 0.2) is 5.13 Å². The number of hydrogen-bond donors (Lipinski definition) is 1. The Morgan fingerprint density at radius 2 is 2.00 bits per heavy atom. The number of imidazole rings is 1. The zero-order valence-electron chi connectivity index (χ0n) is 16.5. The third kappa shape index (κ3) is 3.76. The third-order valence-electron chi connectivity index (χ3n) is 5.37. The summed E-state index contributed by atoms with van der Waals surface area (Å²) >= 11 is 1.52. The van der Waals surface area contributed by atoms with E-state index < -0.39 is 0 Å². The molecule has 4 aromatic rings. The van der Waals surface area contributed by atoms with Gasteiger partial charge in [-0.15, -0.1) is 0 Å². The van der Waals surface area contributed by atoms with Crippen molar-refractivity contribution in [2.45, 2.75) is 19.8 Å². The minimum Gasteiger partial charge on any atom is -0.356 e. The van der Waals surface area contributed by atoms with Crippen molar-refractivity contribution in [2.24, 2.45) is 5.92 Å². The van der Waals surface area contributed by atoms with Crippen molar-refractivity contribution >= 4 is 38.4 Å². The van der Waals surface area contributed by atoms with Crippen molar-refractivity contribution in [1.29, 1.82) is 0 Å². The molecule has 1 amide bonds. The van der Waals surface area contributed by atoms with E-state index in [0.29, 0.717) is 5.13 Å². The number of fused-ring (bicyclic) bond motifs is 1. The van der Waals surface area contributed by atoms with E-state index in [0.717, 1.165) is 47.8 Å². The summed E-state index contributed by atoms with van der Waals surface area (Å²) < 4.78 is 2.95. The Balaban J connectivity index is 1.22. The molecule has 152 valence electrons. The first-order valence-corrected chi connectivity index (χ1v) is 10.7. The van der Waals surface area contributed by atoms with Crippen LogP contribution in [0.3, 0.4) is 0 Å². The molecule has 0 bridgehead atoms. The Bertz CT molecular complexity index is 1180. The maximum absolute atomic E-state index is 12.8. The SMILES string of the molecule is Cc1ccc2nc(NC(=O)C3CCN(c4cc(-n5ccnc5)ncn4)CC3)sc2c1. The van der Waals surface area contributed by atoms with Crippen molar-refractivity contribution in [3.63, 3.8) is 0 Å². The molecule has 1 N–H and O–H groups in total. The summed E-state index contributed by atoms with van der Waals surface area (Å²) in [5.74, 6) is 1.68. The molecular formula is C21H21N7OS. The molecule has 30 heavy (non-hydrogen) atoms. The second kappa shape index (κ2) is 7.83. The van der Waals surface area contributed by atoms with Crippen LogP contribution in [0.4, 0.5) is 10.9 Å². The Kier molecular flexibility index (Phi) is 4.88. The van der Waals surface area contributed by atoms with E-state index in [1.807, 2.05) is 29.0 Å². The number of aryl methyl sites for hydroxylation is 1. The van der Waals surface area contributed by atoms with Crippen molar-refractivity contribution < 1.29 is 4.79 Å². The fourth-order valence-corrected chi connectivity index (χ4v) is 4.68. The van der Waals surface area contributed by atoms with Gasteiger partial charge >= 0.3 is 0 Å². The van der Waals surface area contributed by atoms with E-state index in [-0.39, 0.29) is 11.8 Å². The number of thiazole rings is 1. The Morgan fingerprint density at radius 3 is 2.80 bits per heavy atom. The monoisotopic (exact) mass is 419 g/mol. The summed E-state index contributed by atoms with van der Waals surface area (Å²) in [4.78, 5) is 32.3. The zero-order valence-corrected chi connectivity index (χ0v) is 17.3. The van der Waals surface area contributed by atoms with Gasteiger partial charge in [-0.2, -0.15) is 0 Å². The number of nitrogens with one attached hydrogen (secondary N) is 1. The van der Waals surface area contributed by atoms with E-state index >= 15 is 0 Å². The van der Waals surface area contributed by atoms with Gasteiger partial charge in [0, 0.05) is 37.5 Å². The predicted octanol–water partition coefficient (Wildman–Crippen LogP) is 3.44. The van der Waals surface area contributed by atoms with Gasteiger partial charge in [0.05, 0.1) is 10.2 Å². The number of carbonyl (C=O) groups excluding carboxylic acids is 1. The first kappa shape index (κ1) is 18.7. The lowest BCUT2D eigenvalue weighted by Gasteiger charge is -2.32. The highest BCUT2D eigenvalue weighted by Gasteiger charge is 2.26. The molecule has 3 aromatic heterocycles. The van der Waals surface area contributed by atoms with Crippen LogP contribution in [-0.4, -0.2) is 43.5 Å². The number of carbonyl (C=O) groups is 1. The first-order valence-electron chi connectivity index (χ1n) is 9.89. The molecular weight excluding hydrogens is 398 g/mol. The van der Waals surface area contributed by atoms with Crippen LogP contribution in [0.2, 0.25) is 0 Å². The summed E-state index contributed by atoms with van der Waals surface area (Å²) in [6.07, 6.45) is 8.41. The topological polar surface area (TPSA) is 88.8 Å². The number of nitrogens with zero attached hydrogens (tertiary/aromatic N) is 6. The quantitative estimate of drug-likeness (QED) is 0.545. The Hall–Kier alpha value is -3.33. The molecule has 1 aliphatic heterocycles. The van der Waals surface area contributed by atoms with Crippen molar-refractivity contribution in [1.82, 2.24) is 24.5 Å². The molecule has 0 atom stereocenters. The molecule has 0 aliphatic carbocycles. The smallest absolute Gasteiger partial charge is 0.229 e. The van der Waals surface area contributed by atoms with Crippen LogP contribution in [0.1, 0.15) is 18.4 Å². The normalized spacial score (nSPS) is 14.9. The molecule has 9 heteroatoms. The van der Waals surface area contributed by atoms with E-state index in [2.05, 4.69) is 43.1 Å². The van der Waals surface area contributed by atoms with Crippen molar-refractivity contribution in [3.8, 4) is 5.82 Å². The summed E-state index contributed by atoms with van der Waals surface area (Å²) in [6.45, 7) is 3.61. The van der Waals surface area contributed by atoms with Crippen molar-refractivity contribution in [3.05, 3.63) is 54.9 Å². The fourth-order valence-electron chi connectivity index (χ4n) is 3.71. The summed E-state index contributed by atoms with van der Waals surface area (Å²) in [7, 11) is 0. The molecule has 1 aliphatic rings. The molecule has 0 unspecified atom stereocenters. The number of hydrogen-bond acceptors (Lipinski definition) is 7. The highest BCUT2D eigenvalue weighted by molar-refractivity contribution is 7.22. The molecule has 0 saturated carbocycles.